The summed E-state index contributed by atoms with van der Waals surface area (Å²) in [5, 5.41) is 4.81. The summed E-state index contributed by atoms with van der Waals surface area (Å²) in [4.78, 5) is 19.6. The Kier molecular flexibility index (Phi) is 6.24. The van der Waals surface area contributed by atoms with Gasteiger partial charge in [-0.05, 0) is 48.0 Å². The fraction of sp³-hybridized carbons (Fsp3) is 0.0769. The van der Waals surface area contributed by atoms with Gasteiger partial charge < -0.3 is 4.74 Å². The SMILES string of the molecule is COc1ccc(CN2C(=O)/C(=C/c3cn(-c4ccccc4)nc3-c3ccncc3)SC2=S)cc1. The molecule has 4 aromatic rings. The number of carbonyl (C=O) groups is 1. The molecule has 2 aromatic heterocycles. The molecule has 0 atom stereocenters. The molecule has 5 rings (SSSR count). The molecule has 1 amide bonds. The summed E-state index contributed by atoms with van der Waals surface area (Å²) in [6.45, 7) is 0.409. The molecule has 3 heterocycles. The maximum atomic E-state index is 13.3. The van der Waals surface area contributed by atoms with Gasteiger partial charge in [0.15, 0.2) is 0 Å². The molecule has 1 saturated heterocycles. The third-order valence-electron chi connectivity index (χ3n) is 5.38. The number of thiocarbonyl (C=S) groups is 1. The highest BCUT2D eigenvalue weighted by atomic mass is 32.2. The van der Waals surface area contributed by atoms with Crippen molar-refractivity contribution in [2.24, 2.45) is 0 Å². The van der Waals surface area contributed by atoms with Crippen LogP contribution in [-0.4, -0.2) is 37.0 Å². The minimum atomic E-state index is -0.112. The first-order valence-corrected chi connectivity index (χ1v) is 11.8. The molecule has 0 spiro atoms. The second kappa shape index (κ2) is 9.62. The second-order valence-electron chi connectivity index (χ2n) is 7.56. The van der Waals surface area contributed by atoms with Crippen LogP contribution in [0.2, 0.25) is 0 Å². The summed E-state index contributed by atoms with van der Waals surface area (Å²) in [6, 6.07) is 21.3. The second-order valence-corrected chi connectivity index (χ2v) is 9.24. The van der Waals surface area contributed by atoms with Gasteiger partial charge in [-0.3, -0.25) is 14.7 Å². The van der Waals surface area contributed by atoms with Crippen LogP contribution in [0, 0.1) is 0 Å². The molecule has 1 aliphatic rings. The Balaban J connectivity index is 1.48. The van der Waals surface area contributed by atoms with Crippen molar-refractivity contribution in [3.8, 4) is 22.7 Å². The third-order valence-corrected chi connectivity index (χ3v) is 6.75. The number of para-hydroxylation sites is 1. The Morgan fingerprint density at radius 3 is 2.47 bits per heavy atom. The Hall–Kier alpha value is -3.75. The number of amides is 1. The number of hydrogen-bond acceptors (Lipinski definition) is 6. The maximum Gasteiger partial charge on any atom is 0.266 e. The minimum Gasteiger partial charge on any atom is -0.497 e. The van der Waals surface area contributed by atoms with Crippen LogP contribution in [0.3, 0.4) is 0 Å². The van der Waals surface area contributed by atoms with Crippen LogP contribution in [0.5, 0.6) is 5.75 Å². The lowest BCUT2D eigenvalue weighted by Gasteiger charge is -2.14. The highest BCUT2D eigenvalue weighted by Crippen LogP contribution is 2.35. The predicted octanol–water partition coefficient (Wildman–Crippen LogP) is 5.34. The van der Waals surface area contributed by atoms with Crippen molar-refractivity contribution in [3.63, 3.8) is 0 Å². The van der Waals surface area contributed by atoms with E-state index in [2.05, 4.69) is 4.98 Å². The summed E-state index contributed by atoms with van der Waals surface area (Å²) >= 11 is 6.85. The molecule has 0 unspecified atom stereocenters. The lowest BCUT2D eigenvalue weighted by Crippen LogP contribution is -2.27. The molecular formula is C26H20N4O2S2. The van der Waals surface area contributed by atoms with Crippen molar-refractivity contribution >= 4 is 40.3 Å². The van der Waals surface area contributed by atoms with Gasteiger partial charge in [-0.15, -0.1) is 0 Å². The van der Waals surface area contributed by atoms with Gasteiger partial charge in [0.25, 0.3) is 5.91 Å². The fourth-order valence-electron chi connectivity index (χ4n) is 3.63. The molecular weight excluding hydrogens is 464 g/mol. The van der Waals surface area contributed by atoms with E-state index in [0.29, 0.717) is 15.8 Å². The van der Waals surface area contributed by atoms with E-state index in [-0.39, 0.29) is 5.91 Å². The van der Waals surface area contributed by atoms with Crippen LogP contribution in [0.1, 0.15) is 11.1 Å². The molecule has 0 aliphatic carbocycles. The van der Waals surface area contributed by atoms with E-state index in [4.69, 9.17) is 22.1 Å². The van der Waals surface area contributed by atoms with Gasteiger partial charge in [0.2, 0.25) is 0 Å². The van der Waals surface area contributed by atoms with Gasteiger partial charge in [0.1, 0.15) is 15.8 Å². The molecule has 0 radical (unpaired) electrons. The van der Waals surface area contributed by atoms with Gasteiger partial charge in [-0.25, -0.2) is 4.68 Å². The van der Waals surface area contributed by atoms with Gasteiger partial charge in [0.05, 0.1) is 24.2 Å². The van der Waals surface area contributed by atoms with Gasteiger partial charge >= 0.3 is 0 Å². The third kappa shape index (κ3) is 4.50. The molecule has 0 N–H and O–H groups in total. The maximum absolute atomic E-state index is 13.3. The predicted molar refractivity (Wildman–Crippen MR) is 139 cm³/mol. The molecule has 1 fully saturated rings. The van der Waals surface area contributed by atoms with Crippen molar-refractivity contribution in [1.82, 2.24) is 19.7 Å². The lowest BCUT2D eigenvalue weighted by atomic mass is 10.1. The summed E-state index contributed by atoms with van der Waals surface area (Å²) in [5.74, 6) is 0.659. The van der Waals surface area contributed by atoms with E-state index in [1.54, 1.807) is 24.4 Å². The molecule has 34 heavy (non-hydrogen) atoms. The number of nitrogens with zero attached hydrogens (tertiary/aromatic N) is 4. The van der Waals surface area contributed by atoms with Crippen molar-refractivity contribution in [3.05, 3.63) is 101 Å². The first-order chi connectivity index (χ1) is 16.6. The number of hydrogen-bond donors (Lipinski definition) is 0. The summed E-state index contributed by atoms with van der Waals surface area (Å²) in [7, 11) is 1.63. The molecule has 168 valence electrons. The van der Waals surface area contributed by atoms with E-state index < -0.39 is 0 Å². The van der Waals surface area contributed by atoms with Crippen LogP contribution in [0.4, 0.5) is 0 Å². The van der Waals surface area contributed by atoms with Gasteiger partial charge in [-0.1, -0.05) is 54.3 Å². The van der Waals surface area contributed by atoms with E-state index in [9.17, 15) is 4.79 Å². The van der Waals surface area contributed by atoms with Crippen LogP contribution in [-0.2, 0) is 11.3 Å². The number of methoxy groups -OCH3 is 1. The fourth-order valence-corrected chi connectivity index (χ4v) is 4.88. The quantitative estimate of drug-likeness (QED) is 0.272. The van der Waals surface area contributed by atoms with E-state index >= 15 is 0 Å². The monoisotopic (exact) mass is 484 g/mol. The number of rotatable bonds is 6. The average Bonchev–Trinajstić information content (AvgIpc) is 3.42. The topological polar surface area (TPSA) is 60.2 Å². The first kappa shape index (κ1) is 22.1. The summed E-state index contributed by atoms with van der Waals surface area (Å²) < 4.78 is 7.57. The molecule has 6 nitrogen and oxygen atoms in total. The van der Waals surface area contributed by atoms with Crippen LogP contribution in [0.15, 0.2) is 90.2 Å². The summed E-state index contributed by atoms with van der Waals surface area (Å²) in [6.07, 6.45) is 7.26. The molecule has 8 heteroatoms. The normalized spacial score (nSPS) is 14.7. The average molecular weight is 485 g/mol. The zero-order chi connectivity index (χ0) is 23.5. The zero-order valence-corrected chi connectivity index (χ0v) is 19.9. The molecule has 0 bridgehead atoms. The lowest BCUT2D eigenvalue weighted by molar-refractivity contribution is -0.122. The molecule has 2 aromatic carbocycles. The van der Waals surface area contributed by atoms with Crippen molar-refractivity contribution in [2.75, 3.05) is 7.11 Å². The highest BCUT2D eigenvalue weighted by Gasteiger charge is 2.32. The van der Waals surface area contributed by atoms with Crippen LogP contribution >= 0.6 is 24.0 Å². The van der Waals surface area contributed by atoms with E-state index in [1.165, 1.54) is 11.8 Å². The van der Waals surface area contributed by atoms with Crippen molar-refractivity contribution < 1.29 is 9.53 Å². The van der Waals surface area contributed by atoms with E-state index in [1.807, 2.05) is 83.7 Å². The Morgan fingerprint density at radius 2 is 1.76 bits per heavy atom. The van der Waals surface area contributed by atoms with Gasteiger partial charge in [-0.2, -0.15) is 5.10 Å². The Morgan fingerprint density at radius 1 is 1.03 bits per heavy atom. The summed E-state index contributed by atoms with van der Waals surface area (Å²) in [5.41, 5.74) is 4.44. The largest absolute Gasteiger partial charge is 0.497 e. The standard InChI is InChI=1S/C26H20N4O2S2/c1-32-22-9-7-18(8-10-22)16-29-25(31)23(34-26(29)33)15-20-17-30(21-5-3-2-4-6-21)28-24(20)19-11-13-27-14-12-19/h2-15,17H,16H2,1H3/b23-15-. The molecule has 0 saturated carbocycles. The highest BCUT2D eigenvalue weighted by molar-refractivity contribution is 8.26. The Bertz CT molecular complexity index is 1370. The number of thioether (sulfide) groups is 1. The molecule has 1 aliphatic heterocycles. The number of pyridine rings is 1. The van der Waals surface area contributed by atoms with Crippen molar-refractivity contribution in [2.45, 2.75) is 6.54 Å². The smallest absolute Gasteiger partial charge is 0.266 e. The zero-order valence-electron chi connectivity index (χ0n) is 18.3. The Labute approximate surface area is 206 Å². The van der Waals surface area contributed by atoms with Gasteiger partial charge in [0, 0.05) is 29.7 Å². The number of benzene rings is 2. The number of aromatic nitrogens is 3. The van der Waals surface area contributed by atoms with Crippen LogP contribution < -0.4 is 4.74 Å². The number of carbonyl (C=O) groups excluding carboxylic acids is 1. The van der Waals surface area contributed by atoms with Crippen molar-refractivity contribution in [1.29, 1.82) is 0 Å². The van der Waals surface area contributed by atoms with E-state index in [0.717, 1.165) is 33.8 Å². The first-order valence-electron chi connectivity index (χ1n) is 10.6. The number of ether oxygens (including phenoxy) is 1. The van der Waals surface area contributed by atoms with Crippen LogP contribution in [0.25, 0.3) is 23.0 Å². The minimum absolute atomic E-state index is 0.112.